The van der Waals surface area contributed by atoms with Crippen LogP contribution in [0.15, 0.2) is 24.3 Å². The van der Waals surface area contributed by atoms with Crippen LogP contribution in [0, 0.1) is 5.92 Å². The molecule has 1 heterocycles. The Morgan fingerprint density at radius 2 is 2.07 bits per heavy atom. The van der Waals surface area contributed by atoms with Gasteiger partial charge in [0.25, 0.3) is 0 Å². The number of para-hydroxylation sites is 2. The molecule has 0 aliphatic heterocycles. The summed E-state index contributed by atoms with van der Waals surface area (Å²) in [6.07, 6.45) is 0. The Balaban J connectivity index is 2.56. The van der Waals surface area contributed by atoms with Gasteiger partial charge in [-0.2, -0.15) is 0 Å². The number of fused-ring (bicyclic) bond motifs is 1. The third-order valence-corrected chi connectivity index (χ3v) is 2.44. The van der Waals surface area contributed by atoms with E-state index in [1.807, 2.05) is 18.2 Å². The van der Waals surface area contributed by atoms with Crippen molar-refractivity contribution in [3.8, 4) is 0 Å². The topological polar surface area (TPSA) is 17.8 Å². The average Bonchev–Trinajstić information content (AvgIpc) is 2.43. The summed E-state index contributed by atoms with van der Waals surface area (Å²) in [4.78, 5) is 4.29. The number of hydrogen-bond donors (Lipinski definition) is 0. The van der Waals surface area contributed by atoms with E-state index in [-0.39, 0.29) is 0 Å². The molecule has 0 spiro atoms. The van der Waals surface area contributed by atoms with Crippen molar-refractivity contribution >= 4 is 22.6 Å². The zero-order valence-corrected chi connectivity index (χ0v) is 9.12. The van der Waals surface area contributed by atoms with E-state index in [4.69, 9.17) is 11.6 Å². The second-order valence-electron chi connectivity index (χ2n) is 3.87. The van der Waals surface area contributed by atoms with E-state index in [0.29, 0.717) is 11.2 Å². The number of halogens is 1. The molecule has 0 unspecified atom stereocenters. The van der Waals surface area contributed by atoms with Gasteiger partial charge in [0.2, 0.25) is 5.28 Å². The van der Waals surface area contributed by atoms with Gasteiger partial charge in [-0.25, -0.2) is 4.98 Å². The van der Waals surface area contributed by atoms with Crippen molar-refractivity contribution in [2.75, 3.05) is 0 Å². The Bertz CT molecular complexity index is 445. The standard InChI is InChI=1S/C11H13ClN2/c1-8(2)7-14-10-6-4-3-5-9(10)13-11(14)12/h3-6,8H,7H2,1-2H3. The third-order valence-electron chi connectivity index (χ3n) is 2.16. The zero-order chi connectivity index (χ0) is 10.1. The smallest absolute Gasteiger partial charge is 0.203 e. The van der Waals surface area contributed by atoms with Crippen LogP contribution in [0.4, 0.5) is 0 Å². The summed E-state index contributed by atoms with van der Waals surface area (Å²) >= 11 is 6.06. The highest BCUT2D eigenvalue weighted by Gasteiger charge is 2.08. The molecule has 2 nitrogen and oxygen atoms in total. The molecule has 0 amide bonds. The minimum absolute atomic E-state index is 0.574. The van der Waals surface area contributed by atoms with E-state index in [0.717, 1.165) is 17.6 Å². The molecule has 2 rings (SSSR count). The van der Waals surface area contributed by atoms with Crippen LogP contribution in [-0.4, -0.2) is 9.55 Å². The molecule has 0 saturated carbocycles. The first kappa shape index (κ1) is 9.53. The fourth-order valence-corrected chi connectivity index (χ4v) is 1.84. The van der Waals surface area contributed by atoms with Crippen molar-refractivity contribution in [2.45, 2.75) is 20.4 Å². The maximum Gasteiger partial charge on any atom is 0.203 e. The van der Waals surface area contributed by atoms with Crippen LogP contribution in [0.2, 0.25) is 5.28 Å². The monoisotopic (exact) mass is 208 g/mol. The largest absolute Gasteiger partial charge is 0.314 e. The maximum atomic E-state index is 6.06. The summed E-state index contributed by atoms with van der Waals surface area (Å²) in [5, 5.41) is 0.583. The van der Waals surface area contributed by atoms with Crippen LogP contribution in [0.3, 0.4) is 0 Å². The van der Waals surface area contributed by atoms with E-state index in [9.17, 15) is 0 Å². The van der Waals surface area contributed by atoms with E-state index in [1.54, 1.807) is 0 Å². The molecule has 0 atom stereocenters. The molecule has 1 aromatic heterocycles. The van der Waals surface area contributed by atoms with E-state index >= 15 is 0 Å². The van der Waals surface area contributed by atoms with Gasteiger partial charge in [0.15, 0.2) is 0 Å². The van der Waals surface area contributed by atoms with Crippen molar-refractivity contribution in [1.29, 1.82) is 0 Å². The van der Waals surface area contributed by atoms with E-state index in [2.05, 4.69) is 29.5 Å². The number of benzene rings is 1. The second kappa shape index (κ2) is 3.62. The minimum Gasteiger partial charge on any atom is -0.314 e. The molecular weight excluding hydrogens is 196 g/mol. The van der Waals surface area contributed by atoms with Gasteiger partial charge >= 0.3 is 0 Å². The zero-order valence-electron chi connectivity index (χ0n) is 8.37. The molecule has 14 heavy (non-hydrogen) atoms. The molecule has 0 saturated heterocycles. The lowest BCUT2D eigenvalue weighted by molar-refractivity contribution is 0.533. The van der Waals surface area contributed by atoms with Gasteiger partial charge in [-0.3, -0.25) is 0 Å². The highest BCUT2D eigenvalue weighted by atomic mass is 35.5. The summed E-state index contributed by atoms with van der Waals surface area (Å²) in [6.45, 7) is 5.26. The van der Waals surface area contributed by atoms with Gasteiger partial charge in [-0.05, 0) is 29.7 Å². The number of imidazole rings is 1. The van der Waals surface area contributed by atoms with Crippen LogP contribution in [-0.2, 0) is 6.54 Å². The van der Waals surface area contributed by atoms with Crippen LogP contribution >= 0.6 is 11.6 Å². The Hall–Kier alpha value is -1.02. The molecule has 74 valence electrons. The summed E-state index contributed by atoms with van der Waals surface area (Å²) in [6, 6.07) is 8.02. The van der Waals surface area contributed by atoms with Crippen LogP contribution < -0.4 is 0 Å². The predicted molar refractivity (Wildman–Crippen MR) is 59.6 cm³/mol. The number of hydrogen-bond acceptors (Lipinski definition) is 1. The van der Waals surface area contributed by atoms with Gasteiger partial charge in [0.05, 0.1) is 11.0 Å². The van der Waals surface area contributed by atoms with E-state index < -0.39 is 0 Å². The highest BCUT2D eigenvalue weighted by Crippen LogP contribution is 2.20. The van der Waals surface area contributed by atoms with Crippen LogP contribution in [0.5, 0.6) is 0 Å². The summed E-state index contributed by atoms with van der Waals surface area (Å²) < 4.78 is 2.06. The number of aromatic nitrogens is 2. The first-order valence-electron chi connectivity index (χ1n) is 4.79. The SMILES string of the molecule is CC(C)Cn1c(Cl)nc2ccccc21. The predicted octanol–water partition coefficient (Wildman–Crippen LogP) is 3.35. The quantitative estimate of drug-likeness (QED) is 0.740. The minimum atomic E-state index is 0.574. The normalized spacial score (nSPS) is 11.4. The maximum absolute atomic E-state index is 6.06. The Morgan fingerprint density at radius 1 is 1.36 bits per heavy atom. The molecule has 0 bridgehead atoms. The summed E-state index contributed by atoms with van der Waals surface area (Å²) in [7, 11) is 0. The van der Waals surface area contributed by atoms with Crippen molar-refractivity contribution in [1.82, 2.24) is 9.55 Å². The Labute approximate surface area is 88.5 Å². The highest BCUT2D eigenvalue weighted by molar-refractivity contribution is 6.29. The first-order valence-corrected chi connectivity index (χ1v) is 5.17. The molecular formula is C11H13ClN2. The van der Waals surface area contributed by atoms with Crippen LogP contribution in [0.1, 0.15) is 13.8 Å². The van der Waals surface area contributed by atoms with Crippen molar-refractivity contribution in [2.24, 2.45) is 5.92 Å². The first-order chi connectivity index (χ1) is 6.68. The average molecular weight is 209 g/mol. The number of rotatable bonds is 2. The molecule has 2 aromatic rings. The Kier molecular flexibility index (Phi) is 2.46. The molecule has 3 heteroatoms. The van der Waals surface area contributed by atoms with Crippen molar-refractivity contribution in [3.05, 3.63) is 29.5 Å². The fourth-order valence-electron chi connectivity index (χ4n) is 1.58. The second-order valence-corrected chi connectivity index (χ2v) is 4.21. The molecule has 0 radical (unpaired) electrons. The van der Waals surface area contributed by atoms with E-state index in [1.165, 1.54) is 0 Å². The Morgan fingerprint density at radius 3 is 2.79 bits per heavy atom. The van der Waals surface area contributed by atoms with Crippen molar-refractivity contribution in [3.63, 3.8) is 0 Å². The van der Waals surface area contributed by atoms with Gasteiger partial charge in [-0.1, -0.05) is 26.0 Å². The third kappa shape index (κ3) is 1.62. The lowest BCUT2D eigenvalue weighted by atomic mass is 10.2. The molecule has 0 fully saturated rings. The molecule has 0 N–H and O–H groups in total. The van der Waals surface area contributed by atoms with Gasteiger partial charge < -0.3 is 4.57 Å². The molecule has 0 aliphatic carbocycles. The lowest BCUT2D eigenvalue weighted by Crippen LogP contribution is -2.03. The summed E-state index contributed by atoms with van der Waals surface area (Å²) in [5.74, 6) is 0.574. The molecule has 0 aliphatic rings. The van der Waals surface area contributed by atoms with Gasteiger partial charge in [0, 0.05) is 6.54 Å². The van der Waals surface area contributed by atoms with Crippen LogP contribution in [0.25, 0.3) is 11.0 Å². The van der Waals surface area contributed by atoms with Crippen molar-refractivity contribution < 1.29 is 0 Å². The van der Waals surface area contributed by atoms with Gasteiger partial charge in [-0.15, -0.1) is 0 Å². The molecule has 1 aromatic carbocycles. The summed E-state index contributed by atoms with van der Waals surface area (Å²) in [5.41, 5.74) is 2.09. The fraction of sp³-hybridized carbons (Fsp3) is 0.364. The number of nitrogens with zero attached hydrogens (tertiary/aromatic N) is 2. The van der Waals surface area contributed by atoms with Gasteiger partial charge in [0.1, 0.15) is 0 Å². The lowest BCUT2D eigenvalue weighted by Gasteiger charge is -2.07.